The van der Waals surface area contributed by atoms with Crippen LogP contribution in [0.25, 0.3) is 28.7 Å². The first-order chi connectivity index (χ1) is 15.4. The third kappa shape index (κ3) is 5.14. The molecule has 0 saturated carbocycles. The summed E-state index contributed by atoms with van der Waals surface area (Å²) < 4.78 is 11.3. The molecule has 0 atom stereocenters. The monoisotopic (exact) mass is 467 g/mol. The number of aryl methyl sites for hydroxylation is 1. The number of carbonyl (C=O) groups excluding carboxylic acids is 1. The third-order valence-electron chi connectivity index (χ3n) is 4.77. The van der Waals surface area contributed by atoms with Gasteiger partial charge in [0.05, 0.1) is 0 Å². The SMILES string of the molecule is Cc1ccc(-c2ccc(CO)o2)cc1NC(=O)/C=C/c1ccc(-c2cc(Cl)cc(Cl)c2)o1. The van der Waals surface area contributed by atoms with E-state index in [4.69, 9.17) is 32.0 Å². The van der Waals surface area contributed by atoms with E-state index in [9.17, 15) is 9.90 Å². The number of anilines is 1. The van der Waals surface area contributed by atoms with E-state index in [0.29, 0.717) is 38.8 Å². The number of halogens is 2. The van der Waals surface area contributed by atoms with Crippen LogP contribution in [-0.4, -0.2) is 11.0 Å². The predicted octanol–water partition coefficient (Wildman–Crippen LogP) is 6.97. The maximum absolute atomic E-state index is 12.5. The Morgan fingerprint density at radius 1 is 0.938 bits per heavy atom. The van der Waals surface area contributed by atoms with Crippen molar-refractivity contribution in [1.82, 2.24) is 0 Å². The Morgan fingerprint density at radius 3 is 2.38 bits per heavy atom. The molecule has 5 nitrogen and oxygen atoms in total. The molecule has 2 heterocycles. The highest BCUT2D eigenvalue weighted by atomic mass is 35.5. The molecule has 0 aliphatic rings. The number of hydrogen-bond acceptors (Lipinski definition) is 4. The number of benzene rings is 2. The average Bonchev–Trinajstić information content (AvgIpc) is 3.43. The van der Waals surface area contributed by atoms with Crippen molar-refractivity contribution in [2.24, 2.45) is 0 Å². The van der Waals surface area contributed by atoms with E-state index in [2.05, 4.69) is 5.32 Å². The number of amides is 1. The van der Waals surface area contributed by atoms with Gasteiger partial charge in [-0.15, -0.1) is 0 Å². The predicted molar refractivity (Wildman–Crippen MR) is 127 cm³/mol. The van der Waals surface area contributed by atoms with Gasteiger partial charge < -0.3 is 19.3 Å². The summed E-state index contributed by atoms with van der Waals surface area (Å²) in [5, 5.41) is 13.1. The molecule has 0 radical (unpaired) electrons. The Balaban J connectivity index is 1.47. The second kappa shape index (κ2) is 9.49. The Labute approximate surface area is 194 Å². The molecule has 32 heavy (non-hydrogen) atoms. The van der Waals surface area contributed by atoms with E-state index in [1.807, 2.05) is 25.1 Å². The summed E-state index contributed by atoms with van der Waals surface area (Å²) >= 11 is 12.1. The molecule has 0 spiro atoms. The fourth-order valence-corrected chi connectivity index (χ4v) is 3.68. The van der Waals surface area contributed by atoms with Crippen molar-refractivity contribution < 1.29 is 18.7 Å². The van der Waals surface area contributed by atoms with Gasteiger partial charge in [0.1, 0.15) is 29.6 Å². The summed E-state index contributed by atoms with van der Waals surface area (Å²) in [7, 11) is 0. The molecule has 0 aliphatic carbocycles. The molecule has 4 rings (SSSR count). The summed E-state index contributed by atoms with van der Waals surface area (Å²) in [4.78, 5) is 12.5. The number of nitrogens with one attached hydrogen (secondary N) is 1. The van der Waals surface area contributed by atoms with E-state index in [1.54, 1.807) is 48.5 Å². The minimum atomic E-state index is -0.301. The zero-order valence-corrected chi connectivity index (χ0v) is 18.6. The number of furan rings is 2. The lowest BCUT2D eigenvalue weighted by atomic mass is 10.1. The molecule has 0 bridgehead atoms. The highest BCUT2D eigenvalue weighted by Gasteiger charge is 2.09. The van der Waals surface area contributed by atoms with E-state index in [0.717, 1.165) is 16.7 Å². The van der Waals surface area contributed by atoms with Crippen LogP contribution in [0.5, 0.6) is 0 Å². The van der Waals surface area contributed by atoms with E-state index in [1.165, 1.54) is 6.08 Å². The second-order valence-electron chi connectivity index (χ2n) is 7.14. The number of aliphatic hydroxyl groups excluding tert-OH is 1. The van der Waals surface area contributed by atoms with Gasteiger partial charge in [0.15, 0.2) is 0 Å². The molecule has 4 aromatic rings. The van der Waals surface area contributed by atoms with Crippen LogP contribution < -0.4 is 5.32 Å². The third-order valence-corrected chi connectivity index (χ3v) is 5.21. The van der Waals surface area contributed by atoms with Crippen molar-refractivity contribution in [3.8, 4) is 22.6 Å². The molecule has 2 aromatic heterocycles. The lowest BCUT2D eigenvalue weighted by Gasteiger charge is -2.08. The number of rotatable bonds is 6. The van der Waals surface area contributed by atoms with Gasteiger partial charge in [-0.2, -0.15) is 0 Å². The largest absolute Gasteiger partial charge is 0.459 e. The van der Waals surface area contributed by atoms with Crippen molar-refractivity contribution in [1.29, 1.82) is 0 Å². The lowest BCUT2D eigenvalue weighted by molar-refractivity contribution is -0.111. The van der Waals surface area contributed by atoms with Crippen LogP contribution in [0.4, 0.5) is 5.69 Å². The fourth-order valence-electron chi connectivity index (χ4n) is 3.15. The van der Waals surface area contributed by atoms with Gasteiger partial charge in [-0.05, 0) is 67.1 Å². The molecule has 1 amide bonds. The van der Waals surface area contributed by atoms with Crippen molar-refractivity contribution in [2.75, 3.05) is 5.32 Å². The maximum Gasteiger partial charge on any atom is 0.248 e. The maximum atomic E-state index is 12.5. The number of carbonyl (C=O) groups is 1. The van der Waals surface area contributed by atoms with Gasteiger partial charge >= 0.3 is 0 Å². The molecule has 2 N–H and O–H groups in total. The molecule has 0 aliphatic heterocycles. The lowest BCUT2D eigenvalue weighted by Crippen LogP contribution is -2.09. The molecular weight excluding hydrogens is 449 g/mol. The highest BCUT2D eigenvalue weighted by molar-refractivity contribution is 6.35. The molecule has 0 unspecified atom stereocenters. The Bertz CT molecular complexity index is 1280. The molecule has 162 valence electrons. The van der Waals surface area contributed by atoms with Gasteiger partial charge in [-0.25, -0.2) is 0 Å². The first-order valence-electron chi connectivity index (χ1n) is 9.77. The molecule has 0 saturated heterocycles. The quantitative estimate of drug-likeness (QED) is 0.300. The number of hydrogen-bond donors (Lipinski definition) is 2. The van der Waals surface area contributed by atoms with Crippen LogP contribution in [0.3, 0.4) is 0 Å². The van der Waals surface area contributed by atoms with Crippen LogP contribution in [0.2, 0.25) is 10.0 Å². The van der Waals surface area contributed by atoms with Crippen LogP contribution in [0.15, 0.2) is 75.6 Å². The van der Waals surface area contributed by atoms with Gasteiger partial charge in [0.2, 0.25) is 5.91 Å². The normalized spacial score (nSPS) is 11.2. The van der Waals surface area contributed by atoms with E-state index >= 15 is 0 Å². The van der Waals surface area contributed by atoms with Gasteiger partial charge in [0.25, 0.3) is 0 Å². The molecular formula is C25H19Cl2NO4. The molecule has 7 heteroatoms. The average molecular weight is 468 g/mol. The molecule has 2 aromatic carbocycles. The van der Waals surface area contributed by atoms with Crippen molar-refractivity contribution in [3.05, 3.63) is 93.9 Å². The number of aliphatic hydroxyl groups is 1. The minimum absolute atomic E-state index is 0.168. The van der Waals surface area contributed by atoms with Crippen molar-refractivity contribution >= 4 is 40.9 Å². The van der Waals surface area contributed by atoms with E-state index in [-0.39, 0.29) is 12.5 Å². The summed E-state index contributed by atoms with van der Waals surface area (Å²) in [6, 6.07) is 17.8. The summed E-state index contributed by atoms with van der Waals surface area (Å²) in [6.45, 7) is 1.73. The first-order valence-corrected chi connectivity index (χ1v) is 10.5. The summed E-state index contributed by atoms with van der Waals surface area (Å²) in [5.41, 5.74) is 3.11. The van der Waals surface area contributed by atoms with Crippen molar-refractivity contribution in [3.63, 3.8) is 0 Å². The Morgan fingerprint density at radius 2 is 1.66 bits per heavy atom. The molecule has 0 fully saturated rings. The van der Waals surface area contributed by atoms with Gasteiger partial charge in [-0.3, -0.25) is 4.79 Å². The van der Waals surface area contributed by atoms with E-state index < -0.39 is 0 Å². The van der Waals surface area contributed by atoms with Crippen LogP contribution in [-0.2, 0) is 11.4 Å². The Hall–Kier alpha value is -3.25. The summed E-state index contributed by atoms with van der Waals surface area (Å²) in [5.74, 6) is 1.91. The van der Waals surface area contributed by atoms with Crippen LogP contribution in [0, 0.1) is 6.92 Å². The topological polar surface area (TPSA) is 75.6 Å². The van der Waals surface area contributed by atoms with Crippen molar-refractivity contribution in [2.45, 2.75) is 13.5 Å². The van der Waals surface area contributed by atoms with Gasteiger partial charge in [-0.1, -0.05) is 35.3 Å². The Kier molecular flexibility index (Phi) is 6.51. The zero-order valence-electron chi connectivity index (χ0n) is 17.1. The van der Waals surface area contributed by atoms with Crippen LogP contribution >= 0.6 is 23.2 Å². The first kappa shape index (κ1) is 22.0. The fraction of sp³-hybridized carbons (Fsp3) is 0.0800. The standard InChI is InChI=1S/C25H19Cl2NO4/c1-15-2-3-16(23-8-5-21(14-29)32-23)12-22(15)28-25(30)9-6-20-4-7-24(31-20)17-10-18(26)13-19(27)11-17/h2-13,29H,14H2,1H3,(H,28,30)/b9-6+. The minimum Gasteiger partial charge on any atom is -0.459 e. The smallest absolute Gasteiger partial charge is 0.248 e. The van der Waals surface area contributed by atoms with Gasteiger partial charge in [0, 0.05) is 32.9 Å². The second-order valence-corrected chi connectivity index (χ2v) is 8.01. The highest BCUT2D eigenvalue weighted by Crippen LogP contribution is 2.29. The zero-order chi connectivity index (χ0) is 22.7. The van der Waals surface area contributed by atoms with Crippen LogP contribution in [0.1, 0.15) is 17.1 Å². The summed E-state index contributed by atoms with van der Waals surface area (Å²) in [6.07, 6.45) is 2.99.